The summed E-state index contributed by atoms with van der Waals surface area (Å²) in [6.45, 7) is 1.65. The molecule has 0 aliphatic rings. The topological polar surface area (TPSA) is 94.6 Å². The molecular formula is C18H16N2O5. The number of fused-ring (bicyclic) bond motifs is 1. The molecule has 128 valence electrons. The zero-order valence-electron chi connectivity index (χ0n) is 13.7. The van der Waals surface area contributed by atoms with Gasteiger partial charge in [0.2, 0.25) is 5.91 Å². The van der Waals surface area contributed by atoms with Gasteiger partial charge in [0.1, 0.15) is 11.3 Å². The lowest BCUT2D eigenvalue weighted by molar-refractivity contribution is -0.385. The molecule has 0 radical (unpaired) electrons. The summed E-state index contributed by atoms with van der Waals surface area (Å²) < 4.78 is 10.6. The number of nitrogens with zero attached hydrogens (tertiary/aromatic N) is 1. The molecule has 0 aliphatic heterocycles. The number of hydrogen-bond acceptors (Lipinski definition) is 5. The average molecular weight is 340 g/mol. The van der Waals surface area contributed by atoms with Crippen LogP contribution in [0.2, 0.25) is 0 Å². The number of nitro benzene ring substituents is 1. The summed E-state index contributed by atoms with van der Waals surface area (Å²) in [5.41, 5.74) is 2.27. The van der Waals surface area contributed by atoms with Crippen molar-refractivity contribution in [3.63, 3.8) is 0 Å². The Morgan fingerprint density at radius 1 is 1.28 bits per heavy atom. The molecule has 0 unspecified atom stereocenters. The van der Waals surface area contributed by atoms with Crippen LogP contribution in [0.4, 0.5) is 11.4 Å². The predicted molar refractivity (Wildman–Crippen MR) is 92.9 cm³/mol. The fourth-order valence-electron chi connectivity index (χ4n) is 2.59. The minimum atomic E-state index is -0.471. The standard InChI is InChI=1S/C18H16N2O5/c1-11-3-4-13(8-16(11)20(22)23)19-18(21)7-12-10-25-17-6-5-14(24-2)9-15(12)17/h3-6,8-10H,7H2,1-2H3,(H,19,21). The van der Waals surface area contributed by atoms with E-state index in [4.69, 9.17) is 9.15 Å². The monoisotopic (exact) mass is 340 g/mol. The van der Waals surface area contributed by atoms with E-state index in [2.05, 4.69) is 5.32 Å². The van der Waals surface area contributed by atoms with Gasteiger partial charge in [-0.3, -0.25) is 14.9 Å². The molecular weight excluding hydrogens is 324 g/mol. The van der Waals surface area contributed by atoms with E-state index in [1.165, 1.54) is 12.3 Å². The maximum Gasteiger partial charge on any atom is 0.274 e. The van der Waals surface area contributed by atoms with Crippen LogP contribution in [0.25, 0.3) is 11.0 Å². The molecule has 3 rings (SSSR count). The third-order valence-electron chi connectivity index (χ3n) is 3.90. The minimum Gasteiger partial charge on any atom is -0.497 e. The maximum atomic E-state index is 12.3. The molecule has 2 aromatic carbocycles. The van der Waals surface area contributed by atoms with Crippen molar-refractivity contribution in [2.24, 2.45) is 0 Å². The summed E-state index contributed by atoms with van der Waals surface area (Å²) in [4.78, 5) is 22.8. The van der Waals surface area contributed by atoms with Crippen LogP contribution in [0.5, 0.6) is 5.75 Å². The number of ether oxygens (including phenoxy) is 1. The second-order valence-electron chi connectivity index (χ2n) is 5.61. The van der Waals surface area contributed by atoms with Gasteiger partial charge in [0, 0.05) is 28.3 Å². The first-order chi connectivity index (χ1) is 12.0. The Bertz CT molecular complexity index is 961. The van der Waals surface area contributed by atoms with Crippen LogP contribution < -0.4 is 10.1 Å². The molecule has 0 saturated carbocycles. The Balaban J connectivity index is 1.79. The van der Waals surface area contributed by atoms with Crippen molar-refractivity contribution in [3.8, 4) is 5.75 Å². The largest absolute Gasteiger partial charge is 0.497 e. The van der Waals surface area contributed by atoms with E-state index in [-0.39, 0.29) is 18.0 Å². The van der Waals surface area contributed by atoms with E-state index in [9.17, 15) is 14.9 Å². The van der Waals surface area contributed by atoms with Gasteiger partial charge in [-0.05, 0) is 31.2 Å². The normalized spacial score (nSPS) is 10.6. The van der Waals surface area contributed by atoms with Crippen LogP contribution in [0, 0.1) is 17.0 Å². The van der Waals surface area contributed by atoms with Crippen LogP contribution in [0.1, 0.15) is 11.1 Å². The van der Waals surface area contributed by atoms with Crippen molar-refractivity contribution in [2.75, 3.05) is 12.4 Å². The molecule has 3 aromatic rings. The summed E-state index contributed by atoms with van der Waals surface area (Å²) in [6, 6.07) is 9.95. The lowest BCUT2D eigenvalue weighted by Crippen LogP contribution is -2.14. The number of benzene rings is 2. The molecule has 7 heteroatoms. The Hall–Kier alpha value is -3.35. The number of carbonyl (C=O) groups excluding carboxylic acids is 1. The van der Waals surface area contributed by atoms with E-state index >= 15 is 0 Å². The Morgan fingerprint density at radius 2 is 2.08 bits per heavy atom. The van der Waals surface area contributed by atoms with Gasteiger partial charge in [-0.1, -0.05) is 6.07 Å². The molecule has 7 nitrogen and oxygen atoms in total. The van der Waals surface area contributed by atoms with Gasteiger partial charge < -0.3 is 14.5 Å². The molecule has 1 aromatic heterocycles. The number of furan rings is 1. The number of anilines is 1. The van der Waals surface area contributed by atoms with Gasteiger partial charge in [-0.2, -0.15) is 0 Å². The van der Waals surface area contributed by atoms with Crippen molar-refractivity contribution in [1.82, 2.24) is 0 Å². The van der Waals surface area contributed by atoms with Crippen LogP contribution >= 0.6 is 0 Å². The minimum absolute atomic E-state index is 0.0312. The summed E-state index contributed by atoms with van der Waals surface area (Å²) in [5.74, 6) is 0.383. The highest BCUT2D eigenvalue weighted by Crippen LogP contribution is 2.27. The number of methoxy groups -OCH3 is 1. The predicted octanol–water partition coefficient (Wildman–Crippen LogP) is 3.84. The first-order valence-corrected chi connectivity index (χ1v) is 7.57. The van der Waals surface area contributed by atoms with Crippen LogP contribution in [0.15, 0.2) is 47.1 Å². The second-order valence-corrected chi connectivity index (χ2v) is 5.61. The van der Waals surface area contributed by atoms with Crippen molar-refractivity contribution < 1.29 is 18.9 Å². The highest BCUT2D eigenvalue weighted by atomic mass is 16.6. The summed E-state index contributed by atoms with van der Waals surface area (Å²) in [7, 11) is 1.57. The Kier molecular flexibility index (Phi) is 4.38. The summed E-state index contributed by atoms with van der Waals surface area (Å²) in [6.07, 6.45) is 1.61. The smallest absolute Gasteiger partial charge is 0.274 e. The zero-order valence-corrected chi connectivity index (χ0v) is 13.7. The molecule has 1 heterocycles. The van der Waals surface area contributed by atoms with Gasteiger partial charge in [0.25, 0.3) is 5.69 Å². The van der Waals surface area contributed by atoms with Gasteiger partial charge in [-0.15, -0.1) is 0 Å². The number of rotatable bonds is 5. The van der Waals surface area contributed by atoms with Crippen LogP contribution in [-0.4, -0.2) is 17.9 Å². The first-order valence-electron chi connectivity index (χ1n) is 7.57. The zero-order chi connectivity index (χ0) is 18.0. The van der Waals surface area contributed by atoms with Gasteiger partial charge in [-0.25, -0.2) is 0 Å². The summed E-state index contributed by atoms with van der Waals surface area (Å²) >= 11 is 0. The molecule has 1 N–H and O–H groups in total. The highest BCUT2D eigenvalue weighted by Gasteiger charge is 2.14. The molecule has 0 aliphatic carbocycles. The molecule has 0 spiro atoms. The lowest BCUT2D eigenvalue weighted by atomic mass is 10.1. The van der Waals surface area contributed by atoms with Crippen LogP contribution in [0.3, 0.4) is 0 Å². The number of amides is 1. The SMILES string of the molecule is COc1ccc2occ(CC(=O)Nc3ccc(C)c([N+](=O)[O-])c3)c2c1. The number of carbonyl (C=O) groups is 1. The fourth-order valence-corrected chi connectivity index (χ4v) is 2.59. The average Bonchev–Trinajstić information content (AvgIpc) is 2.98. The van der Waals surface area contributed by atoms with Crippen molar-refractivity contribution in [1.29, 1.82) is 0 Å². The molecule has 0 atom stereocenters. The Morgan fingerprint density at radius 3 is 2.80 bits per heavy atom. The second kappa shape index (κ2) is 6.64. The van der Waals surface area contributed by atoms with E-state index in [0.29, 0.717) is 28.1 Å². The lowest BCUT2D eigenvalue weighted by Gasteiger charge is -2.06. The number of nitrogens with one attached hydrogen (secondary N) is 1. The van der Waals surface area contributed by atoms with Gasteiger partial charge in [0.15, 0.2) is 0 Å². The molecule has 0 fully saturated rings. The Labute approximate surface area is 143 Å². The number of nitro groups is 1. The van der Waals surface area contributed by atoms with E-state index in [1.807, 2.05) is 0 Å². The van der Waals surface area contributed by atoms with Crippen molar-refractivity contribution >= 4 is 28.3 Å². The van der Waals surface area contributed by atoms with Gasteiger partial charge in [0.05, 0.1) is 24.7 Å². The van der Waals surface area contributed by atoms with E-state index in [0.717, 1.165) is 5.39 Å². The maximum absolute atomic E-state index is 12.3. The van der Waals surface area contributed by atoms with E-state index in [1.54, 1.807) is 44.4 Å². The third-order valence-corrected chi connectivity index (χ3v) is 3.90. The third kappa shape index (κ3) is 3.45. The molecule has 0 saturated heterocycles. The molecule has 25 heavy (non-hydrogen) atoms. The quantitative estimate of drug-likeness (QED) is 0.562. The van der Waals surface area contributed by atoms with Crippen molar-refractivity contribution in [3.05, 3.63) is 63.9 Å². The van der Waals surface area contributed by atoms with Crippen molar-refractivity contribution in [2.45, 2.75) is 13.3 Å². The fraction of sp³-hybridized carbons (Fsp3) is 0.167. The highest BCUT2D eigenvalue weighted by molar-refractivity contribution is 5.95. The van der Waals surface area contributed by atoms with E-state index < -0.39 is 4.92 Å². The molecule has 0 bridgehead atoms. The number of hydrogen-bond donors (Lipinski definition) is 1. The van der Waals surface area contributed by atoms with Gasteiger partial charge >= 0.3 is 0 Å². The number of aryl methyl sites for hydroxylation is 1. The van der Waals surface area contributed by atoms with Crippen LogP contribution in [-0.2, 0) is 11.2 Å². The molecule has 1 amide bonds. The summed E-state index contributed by atoms with van der Waals surface area (Å²) in [5, 5.41) is 14.5. The first kappa shape index (κ1) is 16.5.